The van der Waals surface area contributed by atoms with Gasteiger partial charge in [0.2, 0.25) is 0 Å². The molecule has 22 heavy (non-hydrogen) atoms. The van der Waals surface area contributed by atoms with Crippen LogP contribution >= 0.6 is 11.6 Å². The molecule has 2 aromatic rings. The molecule has 0 heterocycles. The number of carboxylic acid groups (broad SMARTS) is 1. The number of aliphatic carboxylic acids is 1. The van der Waals surface area contributed by atoms with Gasteiger partial charge < -0.3 is 20.8 Å². The zero-order valence-electron chi connectivity index (χ0n) is 11.3. The Hall–Kier alpha value is -2.73. The van der Waals surface area contributed by atoms with Crippen molar-refractivity contribution in [2.45, 2.75) is 6.42 Å². The standard InChI is InChI=1S/C15H13ClN2O4/c16-10-2-4-11(5-3-10)17-15(22)18-12-7-9(8-14(20)21)1-6-13(12)19/h1-7,19H,8H2,(H,20,21)(H2,17,18,22). The first-order chi connectivity index (χ1) is 10.4. The Labute approximate surface area is 131 Å². The molecule has 0 saturated heterocycles. The van der Waals surface area contributed by atoms with Crippen LogP contribution < -0.4 is 10.6 Å². The highest BCUT2D eigenvalue weighted by atomic mass is 35.5. The van der Waals surface area contributed by atoms with Gasteiger partial charge in [-0.25, -0.2) is 4.79 Å². The first-order valence-corrected chi connectivity index (χ1v) is 6.69. The van der Waals surface area contributed by atoms with E-state index in [4.69, 9.17) is 16.7 Å². The van der Waals surface area contributed by atoms with Crippen molar-refractivity contribution in [2.75, 3.05) is 10.6 Å². The maximum absolute atomic E-state index is 11.9. The summed E-state index contributed by atoms with van der Waals surface area (Å²) in [5.74, 6) is -1.15. The van der Waals surface area contributed by atoms with Crippen molar-refractivity contribution in [3.05, 3.63) is 53.1 Å². The molecule has 0 radical (unpaired) electrons. The third kappa shape index (κ3) is 4.39. The van der Waals surface area contributed by atoms with E-state index in [0.29, 0.717) is 16.3 Å². The Morgan fingerprint density at radius 2 is 1.73 bits per heavy atom. The average Bonchev–Trinajstić information content (AvgIpc) is 2.44. The van der Waals surface area contributed by atoms with Crippen molar-refractivity contribution in [3.8, 4) is 5.75 Å². The van der Waals surface area contributed by atoms with E-state index in [-0.39, 0.29) is 17.9 Å². The van der Waals surface area contributed by atoms with E-state index < -0.39 is 12.0 Å². The number of benzene rings is 2. The molecule has 0 atom stereocenters. The molecular weight excluding hydrogens is 308 g/mol. The quantitative estimate of drug-likeness (QED) is 0.649. The van der Waals surface area contributed by atoms with Crippen LogP contribution in [0.1, 0.15) is 5.56 Å². The molecule has 0 aliphatic rings. The number of carbonyl (C=O) groups is 2. The van der Waals surface area contributed by atoms with E-state index in [1.807, 2.05) is 0 Å². The summed E-state index contributed by atoms with van der Waals surface area (Å²) in [6.07, 6.45) is -0.201. The molecular formula is C15H13ClN2O4. The summed E-state index contributed by atoms with van der Waals surface area (Å²) >= 11 is 5.75. The van der Waals surface area contributed by atoms with Crippen molar-refractivity contribution in [3.63, 3.8) is 0 Å². The Bertz CT molecular complexity index is 701. The number of carbonyl (C=O) groups excluding carboxylic acids is 1. The van der Waals surface area contributed by atoms with Crippen LogP contribution in [0.15, 0.2) is 42.5 Å². The van der Waals surface area contributed by atoms with Crippen LogP contribution in [0.4, 0.5) is 16.2 Å². The highest BCUT2D eigenvalue weighted by Gasteiger charge is 2.09. The van der Waals surface area contributed by atoms with Crippen molar-refractivity contribution in [2.24, 2.45) is 0 Å². The normalized spacial score (nSPS) is 10.0. The fraction of sp³-hybridized carbons (Fsp3) is 0.0667. The van der Waals surface area contributed by atoms with Crippen LogP contribution in [0, 0.1) is 0 Å². The van der Waals surface area contributed by atoms with Gasteiger partial charge in [0.25, 0.3) is 0 Å². The highest BCUT2D eigenvalue weighted by Crippen LogP contribution is 2.25. The van der Waals surface area contributed by atoms with Crippen molar-refractivity contribution >= 4 is 35.0 Å². The lowest BCUT2D eigenvalue weighted by atomic mass is 10.1. The summed E-state index contributed by atoms with van der Waals surface area (Å²) < 4.78 is 0. The average molecular weight is 321 g/mol. The smallest absolute Gasteiger partial charge is 0.323 e. The molecule has 0 unspecified atom stereocenters. The van der Waals surface area contributed by atoms with Crippen LogP contribution in [0.2, 0.25) is 5.02 Å². The zero-order valence-corrected chi connectivity index (χ0v) is 12.1. The van der Waals surface area contributed by atoms with Gasteiger partial charge in [0.05, 0.1) is 12.1 Å². The van der Waals surface area contributed by atoms with Gasteiger partial charge in [0, 0.05) is 10.7 Å². The number of phenolic OH excluding ortho intramolecular Hbond substituents is 1. The van der Waals surface area contributed by atoms with Crippen molar-refractivity contribution < 1.29 is 19.8 Å². The van der Waals surface area contributed by atoms with Gasteiger partial charge in [0.1, 0.15) is 5.75 Å². The molecule has 0 bridgehead atoms. The Kier molecular flexibility index (Phi) is 4.85. The van der Waals surface area contributed by atoms with Crippen LogP contribution in [0.5, 0.6) is 5.75 Å². The number of phenols is 1. The molecule has 6 nitrogen and oxygen atoms in total. The minimum atomic E-state index is -0.998. The Morgan fingerprint density at radius 1 is 1.05 bits per heavy atom. The van der Waals surface area contributed by atoms with Gasteiger partial charge >= 0.3 is 12.0 Å². The predicted octanol–water partition coefficient (Wildman–Crippen LogP) is 3.32. The number of hydrogen-bond acceptors (Lipinski definition) is 3. The summed E-state index contributed by atoms with van der Waals surface area (Å²) in [5.41, 5.74) is 1.13. The summed E-state index contributed by atoms with van der Waals surface area (Å²) in [4.78, 5) is 22.6. The van der Waals surface area contributed by atoms with E-state index in [1.54, 1.807) is 24.3 Å². The summed E-state index contributed by atoms with van der Waals surface area (Å²) in [7, 11) is 0. The monoisotopic (exact) mass is 320 g/mol. The maximum Gasteiger partial charge on any atom is 0.323 e. The third-order valence-corrected chi connectivity index (χ3v) is 3.02. The largest absolute Gasteiger partial charge is 0.506 e. The molecule has 2 amide bonds. The summed E-state index contributed by atoms with van der Waals surface area (Å²) in [6.45, 7) is 0. The predicted molar refractivity (Wildman–Crippen MR) is 83.5 cm³/mol. The summed E-state index contributed by atoms with van der Waals surface area (Å²) in [5, 5.41) is 24.0. The van der Waals surface area contributed by atoms with Gasteiger partial charge in [-0.2, -0.15) is 0 Å². The second-order valence-corrected chi connectivity index (χ2v) is 4.94. The van der Waals surface area contributed by atoms with Gasteiger partial charge in [-0.15, -0.1) is 0 Å². The number of nitrogens with one attached hydrogen (secondary N) is 2. The molecule has 0 aliphatic heterocycles. The second-order valence-electron chi connectivity index (χ2n) is 4.51. The van der Waals surface area contributed by atoms with E-state index >= 15 is 0 Å². The summed E-state index contributed by atoms with van der Waals surface area (Å²) in [6, 6.07) is 10.2. The van der Waals surface area contributed by atoms with E-state index in [0.717, 1.165) is 0 Å². The van der Waals surface area contributed by atoms with Crippen LogP contribution in [-0.4, -0.2) is 22.2 Å². The number of carboxylic acids is 1. The molecule has 7 heteroatoms. The molecule has 0 aromatic heterocycles. The molecule has 2 aromatic carbocycles. The number of hydrogen-bond donors (Lipinski definition) is 4. The minimum Gasteiger partial charge on any atom is -0.506 e. The van der Waals surface area contributed by atoms with Crippen LogP contribution in [-0.2, 0) is 11.2 Å². The zero-order chi connectivity index (χ0) is 16.1. The van der Waals surface area contributed by atoms with Gasteiger partial charge in [0.15, 0.2) is 0 Å². The van der Waals surface area contributed by atoms with Gasteiger partial charge in [-0.3, -0.25) is 4.79 Å². The topological polar surface area (TPSA) is 98.7 Å². The van der Waals surface area contributed by atoms with E-state index in [2.05, 4.69) is 10.6 Å². The fourth-order valence-electron chi connectivity index (χ4n) is 1.79. The van der Waals surface area contributed by atoms with E-state index in [9.17, 15) is 14.7 Å². The number of halogens is 1. The maximum atomic E-state index is 11.9. The van der Waals surface area contributed by atoms with Crippen LogP contribution in [0.25, 0.3) is 0 Å². The van der Waals surface area contributed by atoms with Crippen LogP contribution in [0.3, 0.4) is 0 Å². The van der Waals surface area contributed by atoms with Gasteiger partial charge in [-0.05, 0) is 42.0 Å². The lowest BCUT2D eigenvalue weighted by molar-refractivity contribution is -0.136. The molecule has 2 rings (SSSR count). The molecule has 0 saturated carbocycles. The molecule has 0 fully saturated rings. The van der Waals surface area contributed by atoms with E-state index in [1.165, 1.54) is 18.2 Å². The highest BCUT2D eigenvalue weighted by molar-refractivity contribution is 6.30. The van der Waals surface area contributed by atoms with Crippen molar-refractivity contribution in [1.82, 2.24) is 0 Å². The van der Waals surface area contributed by atoms with Gasteiger partial charge in [-0.1, -0.05) is 17.7 Å². The Morgan fingerprint density at radius 3 is 2.36 bits per heavy atom. The minimum absolute atomic E-state index is 0.130. The number of anilines is 2. The molecule has 0 spiro atoms. The SMILES string of the molecule is O=C(O)Cc1ccc(O)c(NC(=O)Nc2ccc(Cl)cc2)c1. The molecule has 0 aliphatic carbocycles. The van der Waals surface area contributed by atoms with Crippen molar-refractivity contribution in [1.29, 1.82) is 0 Å². The molecule has 114 valence electrons. The number of amides is 2. The Balaban J connectivity index is 2.07. The number of rotatable bonds is 4. The first-order valence-electron chi connectivity index (χ1n) is 6.31. The number of aromatic hydroxyl groups is 1. The fourth-order valence-corrected chi connectivity index (χ4v) is 1.91. The lowest BCUT2D eigenvalue weighted by Crippen LogP contribution is -2.19. The lowest BCUT2D eigenvalue weighted by Gasteiger charge is -2.10. The second kappa shape index (κ2) is 6.82. The first kappa shape index (κ1) is 15.7. The third-order valence-electron chi connectivity index (χ3n) is 2.77. The molecule has 4 N–H and O–H groups in total. The number of urea groups is 1.